The Labute approximate surface area is 147 Å². The molecule has 0 aliphatic carbocycles. The molecule has 4 rings (SSSR count). The molecule has 1 aliphatic rings. The second-order valence-corrected chi connectivity index (χ2v) is 6.44. The van der Waals surface area contributed by atoms with E-state index in [4.69, 9.17) is 9.47 Å². The number of rotatable bonds is 4. The third-order valence-corrected chi connectivity index (χ3v) is 4.91. The number of aryl methyl sites for hydroxylation is 1. The molecule has 0 saturated heterocycles. The summed E-state index contributed by atoms with van der Waals surface area (Å²) in [6.07, 6.45) is 3.54. The molecule has 25 heavy (non-hydrogen) atoms. The van der Waals surface area contributed by atoms with Gasteiger partial charge < -0.3 is 14.0 Å². The maximum Gasteiger partial charge on any atom is 0.300 e. The van der Waals surface area contributed by atoms with Crippen LogP contribution in [-0.4, -0.2) is 27.0 Å². The zero-order valence-electron chi connectivity index (χ0n) is 13.6. The molecule has 128 valence electrons. The van der Waals surface area contributed by atoms with Crippen molar-refractivity contribution in [2.45, 2.75) is 20.0 Å². The van der Waals surface area contributed by atoms with Gasteiger partial charge in [0.25, 0.3) is 5.91 Å². The fourth-order valence-electron chi connectivity index (χ4n) is 2.65. The molecule has 3 heterocycles. The molecule has 7 nitrogen and oxygen atoms in total. The first-order valence-electron chi connectivity index (χ1n) is 7.86. The molecule has 0 fully saturated rings. The van der Waals surface area contributed by atoms with E-state index in [0.29, 0.717) is 35.1 Å². The first-order valence-corrected chi connectivity index (χ1v) is 8.67. The van der Waals surface area contributed by atoms with Crippen molar-refractivity contribution in [2.24, 2.45) is 4.99 Å². The molecule has 1 amide bonds. The number of nitrogens with zero attached hydrogens (tertiary/aromatic N) is 4. The number of allylic oxidation sites excluding steroid dienone is 1. The Morgan fingerprint density at radius 1 is 1.44 bits per heavy atom. The third kappa shape index (κ3) is 2.74. The van der Waals surface area contributed by atoms with Gasteiger partial charge >= 0.3 is 0 Å². The molecule has 8 heteroatoms. The minimum atomic E-state index is -0.364. The summed E-state index contributed by atoms with van der Waals surface area (Å²) < 4.78 is 15.5. The number of benzene rings is 1. The van der Waals surface area contributed by atoms with Crippen LogP contribution in [-0.2, 0) is 13.1 Å². The largest absolute Gasteiger partial charge is 0.454 e. The van der Waals surface area contributed by atoms with E-state index >= 15 is 0 Å². The Kier molecular flexibility index (Phi) is 3.89. The fourth-order valence-corrected chi connectivity index (χ4v) is 3.69. The molecule has 0 radical (unpaired) electrons. The lowest BCUT2D eigenvalue weighted by atomic mass is 10.3. The van der Waals surface area contributed by atoms with Gasteiger partial charge in [-0.25, -0.2) is 0 Å². The quantitative estimate of drug-likeness (QED) is 0.674. The summed E-state index contributed by atoms with van der Waals surface area (Å²) in [5.41, 5.74) is 1.26. The number of thiazole rings is 1. The number of carbonyl (C=O) groups excluding carboxylic acids is 1. The minimum Gasteiger partial charge on any atom is -0.454 e. The van der Waals surface area contributed by atoms with Crippen molar-refractivity contribution in [3.05, 3.63) is 47.5 Å². The highest BCUT2D eigenvalue weighted by Crippen LogP contribution is 2.36. The van der Waals surface area contributed by atoms with E-state index in [1.165, 1.54) is 11.3 Å². The molecule has 0 spiro atoms. The van der Waals surface area contributed by atoms with Crippen molar-refractivity contribution in [1.82, 2.24) is 14.3 Å². The molecular formula is C17H16N4O3S. The van der Waals surface area contributed by atoms with Crippen LogP contribution in [0.5, 0.6) is 11.5 Å². The second kappa shape index (κ2) is 6.21. The molecule has 0 unspecified atom stereocenters. The van der Waals surface area contributed by atoms with Crippen molar-refractivity contribution in [1.29, 1.82) is 0 Å². The number of aromatic nitrogens is 3. The normalized spacial score (nSPS) is 13.6. The second-order valence-electron chi connectivity index (χ2n) is 5.43. The Bertz CT molecular complexity index is 1040. The fraction of sp³-hybridized carbons (Fsp3) is 0.235. The third-order valence-electron chi connectivity index (χ3n) is 3.87. The highest BCUT2D eigenvalue weighted by atomic mass is 32.1. The first kappa shape index (κ1) is 15.6. The lowest BCUT2D eigenvalue weighted by Crippen LogP contribution is -2.16. The predicted molar refractivity (Wildman–Crippen MR) is 93.9 cm³/mol. The molecule has 2 aromatic heterocycles. The first-order chi connectivity index (χ1) is 12.2. The van der Waals surface area contributed by atoms with Gasteiger partial charge in [0.2, 0.25) is 6.79 Å². The van der Waals surface area contributed by atoms with E-state index in [1.54, 1.807) is 23.0 Å². The summed E-state index contributed by atoms with van der Waals surface area (Å²) >= 11 is 1.42. The van der Waals surface area contributed by atoms with Crippen molar-refractivity contribution in [3.63, 3.8) is 0 Å². The van der Waals surface area contributed by atoms with Crippen LogP contribution in [0.3, 0.4) is 0 Å². The highest BCUT2D eigenvalue weighted by molar-refractivity contribution is 7.16. The van der Waals surface area contributed by atoms with Crippen molar-refractivity contribution >= 4 is 27.5 Å². The standard InChI is InChI=1S/C17H16N4O3S/c1-3-6-21-12-8-13-14(24-10-23-13)9-15(12)25-17(21)18-16(22)11-5-7-20(4-2)19-11/h3,5,7-9H,1,4,6,10H2,2H3. The average molecular weight is 356 g/mol. The lowest BCUT2D eigenvalue weighted by Gasteiger charge is -2.02. The summed E-state index contributed by atoms with van der Waals surface area (Å²) in [7, 11) is 0. The van der Waals surface area contributed by atoms with E-state index in [1.807, 2.05) is 23.6 Å². The van der Waals surface area contributed by atoms with Crippen LogP contribution in [0.25, 0.3) is 10.2 Å². The van der Waals surface area contributed by atoms with Gasteiger partial charge in [-0.15, -0.1) is 6.58 Å². The van der Waals surface area contributed by atoms with Gasteiger partial charge in [0.15, 0.2) is 22.0 Å². The van der Waals surface area contributed by atoms with Crippen LogP contribution in [0.2, 0.25) is 0 Å². The van der Waals surface area contributed by atoms with Crippen LogP contribution < -0.4 is 14.3 Å². The van der Waals surface area contributed by atoms with E-state index < -0.39 is 0 Å². The number of ether oxygens (including phenoxy) is 2. The minimum absolute atomic E-state index is 0.226. The Balaban J connectivity index is 1.83. The number of hydrogen-bond donors (Lipinski definition) is 0. The molecule has 1 aromatic carbocycles. The van der Waals surface area contributed by atoms with Crippen molar-refractivity contribution in [3.8, 4) is 11.5 Å². The topological polar surface area (TPSA) is 70.6 Å². The average Bonchev–Trinajstić information content (AvgIpc) is 3.32. The van der Waals surface area contributed by atoms with Gasteiger partial charge in [-0.3, -0.25) is 9.48 Å². The van der Waals surface area contributed by atoms with E-state index in [9.17, 15) is 4.79 Å². The summed E-state index contributed by atoms with van der Waals surface area (Å²) in [6.45, 7) is 7.23. The van der Waals surface area contributed by atoms with Gasteiger partial charge in [0.05, 0.1) is 10.2 Å². The van der Waals surface area contributed by atoms with Crippen LogP contribution in [0, 0.1) is 0 Å². The maximum absolute atomic E-state index is 12.5. The molecule has 3 aromatic rings. The number of hydrogen-bond acceptors (Lipinski definition) is 5. The lowest BCUT2D eigenvalue weighted by molar-refractivity contribution is 0.0992. The summed E-state index contributed by atoms with van der Waals surface area (Å²) in [6, 6.07) is 5.50. The summed E-state index contributed by atoms with van der Waals surface area (Å²) in [5.74, 6) is 1.04. The summed E-state index contributed by atoms with van der Waals surface area (Å²) in [4.78, 5) is 17.3. The van der Waals surface area contributed by atoms with Gasteiger partial charge in [0, 0.05) is 31.4 Å². The maximum atomic E-state index is 12.5. The zero-order chi connectivity index (χ0) is 17.4. The van der Waals surface area contributed by atoms with E-state index in [2.05, 4.69) is 16.7 Å². The molecule has 0 atom stereocenters. The van der Waals surface area contributed by atoms with Gasteiger partial charge in [-0.2, -0.15) is 10.1 Å². The monoisotopic (exact) mass is 356 g/mol. The molecule has 1 aliphatic heterocycles. The highest BCUT2D eigenvalue weighted by Gasteiger charge is 2.18. The zero-order valence-corrected chi connectivity index (χ0v) is 14.5. The van der Waals surface area contributed by atoms with Gasteiger partial charge in [0.1, 0.15) is 0 Å². The van der Waals surface area contributed by atoms with Crippen molar-refractivity contribution < 1.29 is 14.3 Å². The van der Waals surface area contributed by atoms with Crippen LogP contribution in [0.15, 0.2) is 42.0 Å². The molecular weight excluding hydrogens is 340 g/mol. The Morgan fingerprint density at radius 2 is 2.24 bits per heavy atom. The van der Waals surface area contributed by atoms with Crippen LogP contribution in [0.4, 0.5) is 0 Å². The van der Waals surface area contributed by atoms with Gasteiger partial charge in [-0.1, -0.05) is 17.4 Å². The number of fused-ring (bicyclic) bond motifs is 2. The van der Waals surface area contributed by atoms with Crippen molar-refractivity contribution in [2.75, 3.05) is 6.79 Å². The number of amides is 1. The molecule has 0 N–H and O–H groups in total. The SMILES string of the molecule is C=CCn1c(=NC(=O)c2ccn(CC)n2)sc2cc3c(cc21)OCO3. The van der Waals surface area contributed by atoms with Crippen LogP contribution >= 0.6 is 11.3 Å². The number of carbonyl (C=O) groups is 1. The molecule has 0 bridgehead atoms. The Morgan fingerprint density at radius 3 is 2.96 bits per heavy atom. The Hall–Kier alpha value is -2.87. The molecule has 0 saturated carbocycles. The summed E-state index contributed by atoms with van der Waals surface area (Å²) in [5, 5.41) is 4.21. The smallest absolute Gasteiger partial charge is 0.300 e. The van der Waals surface area contributed by atoms with E-state index in [-0.39, 0.29) is 12.7 Å². The van der Waals surface area contributed by atoms with E-state index in [0.717, 1.165) is 10.2 Å². The predicted octanol–water partition coefficient (Wildman–Crippen LogP) is 2.58. The van der Waals surface area contributed by atoms with Crippen LogP contribution in [0.1, 0.15) is 17.4 Å². The van der Waals surface area contributed by atoms with Gasteiger partial charge in [-0.05, 0) is 13.0 Å².